The molecule has 0 atom stereocenters. The van der Waals surface area contributed by atoms with Gasteiger partial charge in [-0.05, 0) is 63.5 Å². The Balaban J connectivity index is 1.65. The predicted octanol–water partition coefficient (Wildman–Crippen LogP) is 2.39. The first-order valence-electron chi connectivity index (χ1n) is 8.47. The number of fused-ring (bicyclic) bond motifs is 1. The highest BCUT2D eigenvalue weighted by molar-refractivity contribution is 7.92. The summed E-state index contributed by atoms with van der Waals surface area (Å²) in [6.07, 6.45) is 8.68. The summed E-state index contributed by atoms with van der Waals surface area (Å²) in [5.41, 5.74) is 3.01. The van der Waals surface area contributed by atoms with Crippen LogP contribution in [0.2, 0.25) is 0 Å². The molecule has 0 spiro atoms. The van der Waals surface area contributed by atoms with Gasteiger partial charge in [0.05, 0.1) is 12.2 Å². The molecule has 2 heterocycles. The Bertz CT molecular complexity index is 871. The van der Waals surface area contributed by atoms with Crippen molar-refractivity contribution in [3.8, 4) is 0 Å². The summed E-state index contributed by atoms with van der Waals surface area (Å²) in [6.45, 7) is 1.92. The minimum absolute atomic E-state index is 0.162. The zero-order chi connectivity index (χ0) is 16.7. The van der Waals surface area contributed by atoms with Crippen LogP contribution < -0.4 is 4.72 Å². The molecular formula is C16H21N5O2S. The second-order valence-corrected chi connectivity index (χ2v) is 8.20. The van der Waals surface area contributed by atoms with Gasteiger partial charge in [0.1, 0.15) is 0 Å². The highest BCUT2D eigenvalue weighted by atomic mass is 32.2. The number of nitrogens with one attached hydrogen (secondary N) is 1. The SMILES string of the molecule is Cc1nc(NS(=O)(=O)c2ccnn2C2CCC2)nc2c1CCCC2. The summed E-state index contributed by atoms with van der Waals surface area (Å²) >= 11 is 0. The second-order valence-electron chi connectivity index (χ2n) is 6.57. The molecule has 8 heteroatoms. The van der Waals surface area contributed by atoms with Crippen LogP contribution in [0.1, 0.15) is 55.1 Å². The first-order valence-corrected chi connectivity index (χ1v) is 9.95. The van der Waals surface area contributed by atoms with Crippen molar-refractivity contribution in [1.29, 1.82) is 0 Å². The Morgan fingerprint density at radius 3 is 2.71 bits per heavy atom. The zero-order valence-corrected chi connectivity index (χ0v) is 14.5. The van der Waals surface area contributed by atoms with E-state index in [-0.39, 0.29) is 17.0 Å². The molecule has 2 aromatic heterocycles. The van der Waals surface area contributed by atoms with Crippen LogP contribution >= 0.6 is 0 Å². The van der Waals surface area contributed by atoms with Gasteiger partial charge in [-0.15, -0.1) is 0 Å². The molecule has 0 aromatic carbocycles. The van der Waals surface area contributed by atoms with Crippen molar-refractivity contribution in [3.63, 3.8) is 0 Å². The maximum atomic E-state index is 12.8. The van der Waals surface area contributed by atoms with E-state index in [2.05, 4.69) is 19.8 Å². The molecule has 0 radical (unpaired) electrons. The monoisotopic (exact) mass is 347 g/mol. The number of nitrogens with zero attached hydrogens (tertiary/aromatic N) is 4. The molecule has 0 unspecified atom stereocenters. The molecule has 7 nitrogen and oxygen atoms in total. The smallest absolute Gasteiger partial charge is 0.249 e. The van der Waals surface area contributed by atoms with Crippen molar-refractivity contribution in [2.45, 2.75) is 62.9 Å². The summed E-state index contributed by atoms with van der Waals surface area (Å²) in [5.74, 6) is 0.162. The minimum Gasteiger partial charge on any atom is -0.249 e. The van der Waals surface area contributed by atoms with Crippen LogP contribution in [0.25, 0.3) is 0 Å². The molecule has 1 N–H and O–H groups in total. The summed E-state index contributed by atoms with van der Waals surface area (Å²) in [7, 11) is -3.74. The van der Waals surface area contributed by atoms with E-state index >= 15 is 0 Å². The van der Waals surface area contributed by atoms with E-state index < -0.39 is 10.0 Å². The van der Waals surface area contributed by atoms with Gasteiger partial charge in [0, 0.05) is 11.4 Å². The standard InChI is InChI=1S/C16H21N5O2S/c1-11-13-7-2-3-8-14(13)19-16(18-11)20-24(22,23)15-9-10-17-21(15)12-5-4-6-12/h9-10,12H,2-8H2,1H3,(H,18,19,20). The van der Waals surface area contributed by atoms with E-state index in [1.807, 2.05) is 6.92 Å². The van der Waals surface area contributed by atoms with Crippen LogP contribution in [0.5, 0.6) is 0 Å². The van der Waals surface area contributed by atoms with Crippen molar-refractivity contribution in [2.24, 2.45) is 0 Å². The van der Waals surface area contributed by atoms with E-state index in [4.69, 9.17) is 0 Å². The lowest BCUT2D eigenvalue weighted by Gasteiger charge is -2.27. The molecule has 1 fully saturated rings. The molecule has 2 aliphatic rings. The van der Waals surface area contributed by atoms with Crippen LogP contribution in [0.3, 0.4) is 0 Å². The second kappa shape index (κ2) is 5.84. The molecule has 24 heavy (non-hydrogen) atoms. The largest absolute Gasteiger partial charge is 0.281 e. The highest BCUT2D eigenvalue weighted by Gasteiger charge is 2.28. The number of hydrogen-bond donors (Lipinski definition) is 1. The first-order chi connectivity index (χ1) is 11.5. The van der Waals surface area contributed by atoms with Crippen molar-refractivity contribution in [1.82, 2.24) is 19.7 Å². The number of anilines is 1. The average molecular weight is 347 g/mol. The Labute approximate surface area is 141 Å². The molecule has 0 bridgehead atoms. The van der Waals surface area contributed by atoms with Crippen LogP contribution in [0.4, 0.5) is 5.95 Å². The number of sulfonamides is 1. The molecule has 4 rings (SSSR count). The topological polar surface area (TPSA) is 89.8 Å². The van der Waals surface area contributed by atoms with Crippen LogP contribution in [0, 0.1) is 6.92 Å². The summed E-state index contributed by atoms with van der Waals surface area (Å²) in [6, 6.07) is 1.71. The lowest BCUT2D eigenvalue weighted by molar-refractivity contribution is 0.271. The summed E-state index contributed by atoms with van der Waals surface area (Å²) in [4.78, 5) is 8.81. The van der Waals surface area contributed by atoms with Gasteiger partial charge >= 0.3 is 0 Å². The van der Waals surface area contributed by atoms with Gasteiger partial charge in [-0.3, -0.25) is 0 Å². The third-order valence-corrected chi connectivity index (χ3v) is 6.27. The van der Waals surface area contributed by atoms with Gasteiger partial charge in [0.25, 0.3) is 10.0 Å². The Morgan fingerprint density at radius 2 is 1.96 bits per heavy atom. The first kappa shape index (κ1) is 15.6. The molecule has 0 saturated heterocycles. The van der Waals surface area contributed by atoms with E-state index in [1.54, 1.807) is 4.68 Å². The normalized spacial score (nSPS) is 18.0. The van der Waals surface area contributed by atoms with E-state index in [0.29, 0.717) is 0 Å². The molecule has 128 valence electrons. The van der Waals surface area contributed by atoms with Gasteiger partial charge in [-0.25, -0.2) is 19.4 Å². The van der Waals surface area contributed by atoms with Crippen molar-refractivity contribution in [3.05, 3.63) is 29.2 Å². The lowest BCUT2D eigenvalue weighted by atomic mass is 9.93. The Hall–Kier alpha value is -1.96. The van der Waals surface area contributed by atoms with E-state index in [1.165, 1.54) is 17.8 Å². The van der Waals surface area contributed by atoms with Crippen molar-refractivity contribution < 1.29 is 8.42 Å². The molecule has 1 saturated carbocycles. The summed E-state index contributed by atoms with van der Waals surface area (Å²) in [5, 5.41) is 4.38. The highest BCUT2D eigenvalue weighted by Crippen LogP contribution is 2.33. The van der Waals surface area contributed by atoms with Gasteiger partial charge in [0.2, 0.25) is 5.95 Å². The van der Waals surface area contributed by atoms with E-state index in [9.17, 15) is 8.42 Å². The Morgan fingerprint density at radius 1 is 1.17 bits per heavy atom. The molecule has 0 aliphatic heterocycles. The molecular weight excluding hydrogens is 326 g/mol. The van der Waals surface area contributed by atoms with Crippen molar-refractivity contribution >= 4 is 16.0 Å². The summed E-state index contributed by atoms with van der Waals surface area (Å²) < 4.78 is 29.7. The van der Waals surface area contributed by atoms with Crippen LogP contribution in [0.15, 0.2) is 17.3 Å². The fraction of sp³-hybridized carbons (Fsp3) is 0.562. The third-order valence-electron chi connectivity index (χ3n) is 4.95. The Kier molecular flexibility index (Phi) is 3.79. The fourth-order valence-electron chi connectivity index (χ4n) is 3.42. The molecule has 0 amide bonds. The van der Waals surface area contributed by atoms with E-state index in [0.717, 1.165) is 56.3 Å². The molecule has 2 aliphatic carbocycles. The number of hydrogen-bond acceptors (Lipinski definition) is 5. The number of aromatic nitrogens is 4. The van der Waals surface area contributed by atoms with Gasteiger partial charge in [0.15, 0.2) is 5.03 Å². The average Bonchev–Trinajstić information content (AvgIpc) is 2.95. The van der Waals surface area contributed by atoms with Gasteiger partial charge in [-0.2, -0.15) is 13.5 Å². The lowest BCUT2D eigenvalue weighted by Crippen LogP contribution is -2.25. The number of aryl methyl sites for hydroxylation is 2. The van der Waals surface area contributed by atoms with Gasteiger partial charge < -0.3 is 0 Å². The fourth-order valence-corrected chi connectivity index (χ4v) is 4.54. The number of rotatable bonds is 4. The predicted molar refractivity (Wildman–Crippen MR) is 89.3 cm³/mol. The maximum absolute atomic E-state index is 12.8. The third kappa shape index (κ3) is 2.68. The van der Waals surface area contributed by atoms with Crippen LogP contribution in [-0.2, 0) is 22.9 Å². The maximum Gasteiger partial charge on any atom is 0.281 e. The molecule has 2 aromatic rings. The van der Waals surface area contributed by atoms with Gasteiger partial charge in [-0.1, -0.05) is 0 Å². The minimum atomic E-state index is -3.74. The van der Waals surface area contributed by atoms with Crippen molar-refractivity contribution in [2.75, 3.05) is 4.72 Å². The van der Waals surface area contributed by atoms with Crippen LogP contribution in [-0.4, -0.2) is 28.2 Å². The zero-order valence-electron chi connectivity index (χ0n) is 13.7. The quantitative estimate of drug-likeness (QED) is 0.917.